The highest BCUT2D eigenvalue weighted by atomic mass is 16.5. The first-order valence-corrected chi connectivity index (χ1v) is 5.37. The van der Waals surface area contributed by atoms with Gasteiger partial charge in [-0.1, -0.05) is 0 Å². The van der Waals surface area contributed by atoms with Crippen molar-refractivity contribution in [2.24, 2.45) is 0 Å². The molecule has 0 fully saturated rings. The molecule has 2 aromatic heterocycles. The molecule has 0 aliphatic heterocycles. The third-order valence-corrected chi connectivity index (χ3v) is 2.36. The number of imidazole rings is 1. The van der Waals surface area contributed by atoms with Crippen molar-refractivity contribution in [2.45, 2.75) is 13.3 Å². The maximum Gasteiger partial charge on any atom is 0.338 e. The number of aromatic carboxylic acids is 1. The molecule has 0 saturated carbocycles. The molecule has 2 heterocycles. The number of carboxylic acids is 1. The van der Waals surface area contributed by atoms with Crippen LogP contribution in [-0.2, 0) is 11.2 Å². The summed E-state index contributed by atoms with van der Waals surface area (Å²) in [4.78, 5) is 22.2. The van der Waals surface area contributed by atoms with Gasteiger partial charge in [-0.2, -0.15) is 0 Å². The second kappa shape index (κ2) is 4.92. The lowest BCUT2D eigenvalue weighted by Crippen LogP contribution is -1.99. The lowest BCUT2D eigenvalue weighted by Gasteiger charge is -1.97. The first-order valence-electron chi connectivity index (χ1n) is 5.37. The normalized spacial score (nSPS) is 10.9. The number of aromatic nitrogens is 3. The Balaban J connectivity index is 2.30. The van der Waals surface area contributed by atoms with Crippen molar-refractivity contribution >= 4 is 17.1 Å². The summed E-state index contributed by atoms with van der Waals surface area (Å²) in [5.41, 5.74) is 1.08. The molecule has 6 nitrogen and oxygen atoms in total. The molecule has 17 heavy (non-hydrogen) atoms. The third-order valence-electron chi connectivity index (χ3n) is 2.36. The van der Waals surface area contributed by atoms with Crippen LogP contribution in [-0.4, -0.2) is 39.2 Å². The highest BCUT2D eigenvalue weighted by Crippen LogP contribution is 2.14. The summed E-state index contributed by atoms with van der Waals surface area (Å²) in [7, 11) is 0. The molecule has 0 aliphatic carbocycles. The van der Waals surface area contributed by atoms with Crippen LogP contribution < -0.4 is 0 Å². The molecule has 0 saturated heterocycles. The minimum Gasteiger partial charge on any atom is -0.478 e. The summed E-state index contributed by atoms with van der Waals surface area (Å²) in [5.74, 6) is -0.299. The highest BCUT2D eigenvalue weighted by Gasteiger charge is 2.12. The van der Waals surface area contributed by atoms with Gasteiger partial charge in [0.05, 0.1) is 17.7 Å². The first-order chi connectivity index (χ1) is 8.22. The summed E-state index contributed by atoms with van der Waals surface area (Å²) >= 11 is 0. The third kappa shape index (κ3) is 2.42. The molecule has 6 heteroatoms. The van der Waals surface area contributed by atoms with Crippen LogP contribution in [0.1, 0.15) is 23.1 Å². The fourth-order valence-electron chi connectivity index (χ4n) is 1.57. The number of aromatic amines is 1. The van der Waals surface area contributed by atoms with E-state index < -0.39 is 5.97 Å². The van der Waals surface area contributed by atoms with E-state index in [2.05, 4.69) is 15.0 Å². The van der Waals surface area contributed by atoms with E-state index in [1.807, 2.05) is 6.92 Å². The summed E-state index contributed by atoms with van der Waals surface area (Å²) < 4.78 is 5.21. The van der Waals surface area contributed by atoms with Gasteiger partial charge in [0, 0.05) is 19.2 Å². The van der Waals surface area contributed by atoms with Gasteiger partial charge in [0.15, 0.2) is 5.65 Å². The van der Waals surface area contributed by atoms with Crippen LogP contribution in [0.15, 0.2) is 12.3 Å². The molecule has 2 aromatic rings. The summed E-state index contributed by atoms with van der Waals surface area (Å²) in [6, 6.07) is 1.45. The quantitative estimate of drug-likeness (QED) is 0.761. The monoisotopic (exact) mass is 235 g/mol. The Morgan fingerprint density at radius 1 is 1.59 bits per heavy atom. The van der Waals surface area contributed by atoms with Gasteiger partial charge in [0.1, 0.15) is 5.82 Å². The number of fused-ring (bicyclic) bond motifs is 1. The Morgan fingerprint density at radius 2 is 2.41 bits per heavy atom. The number of ether oxygens (including phenoxy) is 1. The van der Waals surface area contributed by atoms with E-state index in [4.69, 9.17) is 9.84 Å². The average molecular weight is 235 g/mol. The summed E-state index contributed by atoms with van der Waals surface area (Å²) in [6.07, 6.45) is 2.06. The second-order valence-electron chi connectivity index (χ2n) is 3.49. The van der Waals surface area contributed by atoms with Gasteiger partial charge in [-0.05, 0) is 13.0 Å². The zero-order valence-electron chi connectivity index (χ0n) is 9.43. The van der Waals surface area contributed by atoms with E-state index in [0.29, 0.717) is 36.6 Å². The maximum atomic E-state index is 11.0. The van der Waals surface area contributed by atoms with E-state index >= 15 is 0 Å². The molecular formula is C11H13N3O3. The Bertz CT molecular complexity index is 536. The van der Waals surface area contributed by atoms with E-state index in [0.717, 1.165) is 0 Å². The summed E-state index contributed by atoms with van der Waals surface area (Å²) in [5, 5.41) is 9.01. The average Bonchev–Trinajstić information content (AvgIpc) is 2.71. The fraction of sp³-hybridized carbons (Fsp3) is 0.364. The van der Waals surface area contributed by atoms with Gasteiger partial charge >= 0.3 is 5.97 Å². The number of hydrogen-bond donors (Lipinski definition) is 2. The number of pyridine rings is 1. The second-order valence-corrected chi connectivity index (χ2v) is 3.49. The fourth-order valence-corrected chi connectivity index (χ4v) is 1.57. The Labute approximate surface area is 97.7 Å². The van der Waals surface area contributed by atoms with E-state index in [9.17, 15) is 4.79 Å². The van der Waals surface area contributed by atoms with Gasteiger partial charge in [0.25, 0.3) is 0 Å². The molecule has 0 aromatic carbocycles. The predicted molar refractivity (Wildman–Crippen MR) is 61.0 cm³/mol. The molecule has 0 aliphatic rings. The van der Waals surface area contributed by atoms with Crippen LogP contribution in [0.25, 0.3) is 11.2 Å². The number of nitrogens with one attached hydrogen (secondary N) is 1. The largest absolute Gasteiger partial charge is 0.478 e. The van der Waals surface area contributed by atoms with E-state index in [1.165, 1.54) is 12.3 Å². The lowest BCUT2D eigenvalue weighted by atomic mass is 10.2. The molecule has 90 valence electrons. The minimum atomic E-state index is -0.989. The zero-order chi connectivity index (χ0) is 12.3. The van der Waals surface area contributed by atoms with Crippen molar-refractivity contribution in [3.05, 3.63) is 23.7 Å². The van der Waals surface area contributed by atoms with Gasteiger partial charge in [0.2, 0.25) is 0 Å². The first kappa shape index (κ1) is 11.5. The van der Waals surface area contributed by atoms with E-state index in [1.54, 1.807) is 0 Å². The van der Waals surface area contributed by atoms with Gasteiger partial charge in [-0.15, -0.1) is 0 Å². The number of carboxylic acid groups (broad SMARTS) is 1. The van der Waals surface area contributed by atoms with Gasteiger partial charge in [-0.25, -0.2) is 14.8 Å². The molecule has 0 unspecified atom stereocenters. The van der Waals surface area contributed by atoms with Gasteiger partial charge in [-0.3, -0.25) is 0 Å². The number of rotatable bonds is 5. The zero-order valence-corrected chi connectivity index (χ0v) is 9.43. The lowest BCUT2D eigenvalue weighted by molar-refractivity contribution is 0.0698. The Morgan fingerprint density at radius 3 is 3.12 bits per heavy atom. The van der Waals surface area contributed by atoms with Crippen molar-refractivity contribution in [2.75, 3.05) is 13.2 Å². The van der Waals surface area contributed by atoms with E-state index in [-0.39, 0.29) is 5.56 Å². The van der Waals surface area contributed by atoms with Crippen molar-refractivity contribution in [1.29, 1.82) is 0 Å². The minimum absolute atomic E-state index is 0.185. The molecule has 0 spiro atoms. The number of hydrogen-bond acceptors (Lipinski definition) is 4. The van der Waals surface area contributed by atoms with Crippen molar-refractivity contribution in [3.8, 4) is 0 Å². The van der Waals surface area contributed by atoms with Crippen LogP contribution in [0, 0.1) is 0 Å². The molecule has 0 bridgehead atoms. The standard InChI is InChI=1S/C11H13N3O3/c1-2-17-6-4-8-13-9-7(11(15)16)3-5-12-10(9)14-8/h3,5H,2,4,6H2,1H3,(H,15,16)(H,12,13,14). The molecule has 2 N–H and O–H groups in total. The summed E-state index contributed by atoms with van der Waals surface area (Å²) in [6.45, 7) is 3.13. The Kier molecular flexibility index (Phi) is 3.34. The predicted octanol–water partition coefficient (Wildman–Crippen LogP) is 1.24. The molecular weight excluding hydrogens is 222 g/mol. The molecule has 0 atom stereocenters. The topological polar surface area (TPSA) is 88.1 Å². The van der Waals surface area contributed by atoms with Crippen LogP contribution in [0.4, 0.5) is 0 Å². The number of carbonyl (C=O) groups is 1. The van der Waals surface area contributed by atoms with Crippen LogP contribution in [0.5, 0.6) is 0 Å². The maximum absolute atomic E-state index is 11.0. The SMILES string of the molecule is CCOCCc1nc2nccc(C(=O)O)c2[nH]1. The van der Waals surface area contributed by atoms with Crippen molar-refractivity contribution in [1.82, 2.24) is 15.0 Å². The van der Waals surface area contributed by atoms with Crippen LogP contribution in [0.2, 0.25) is 0 Å². The smallest absolute Gasteiger partial charge is 0.338 e. The molecule has 2 rings (SSSR count). The highest BCUT2D eigenvalue weighted by molar-refractivity contribution is 5.99. The van der Waals surface area contributed by atoms with Gasteiger partial charge < -0.3 is 14.8 Å². The van der Waals surface area contributed by atoms with Crippen molar-refractivity contribution in [3.63, 3.8) is 0 Å². The number of nitrogens with zero attached hydrogens (tertiary/aromatic N) is 2. The Hall–Kier alpha value is -1.95. The van der Waals surface area contributed by atoms with Crippen molar-refractivity contribution < 1.29 is 14.6 Å². The van der Waals surface area contributed by atoms with Crippen LogP contribution in [0.3, 0.4) is 0 Å². The molecule has 0 amide bonds. The van der Waals surface area contributed by atoms with Crippen LogP contribution >= 0.6 is 0 Å². The number of H-pyrrole nitrogens is 1. The molecule has 0 radical (unpaired) electrons.